The summed E-state index contributed by atoms with van der Waals surface area (Å²) >= 11 is 3.65. The fourth-order valence-electron chi connectivity index (χ4n) is 3.18. The number of halogens is 1. The number of anilines is 1. The van der Waals surface area contributed by atoms with Gasteiger partial charge < -0.3 is 10.1 Å². The average molecular weight is 424 g/mol. The summed E-state index contributed by atoms with van der Waals surface area (Å²) in [6, 6.07) is 17.8. The minimum Gasteiger partial charge on any atom is -0.489 e. The summed E-state index contributed by atoms with van der Waals surface area (Å²) in [4.78, 5) is 0. The van der Waals surface area contributed by atoms with E-state index in [-0.39, 0.29) is 6.04 Å². The summed E-state index contributed by atoms with van der Waals surface area (Å²) in [5.41, 5.74) is 3.95. The van der Waals surface area contributed by atoms with Gasteiger partial charge in [-0.25, -0.2) is 0 Å². The van der Waals surface area contributed by atoms with Crippen molar-refractivity contribution in [3.8, 4) is 0 Å². The quantitative estimate of drug-likeness (QED) is 0.613. The number of fused-ring (bicyclic) bond motifs is 1. The number of hydrogen-bond donors (Lipinski definition) is 1. The molecule has 2 aromatic carbocycles. The molecule has 0 spiro atoms. The first-order chi connectivity index (χ1) is 13.1. The molecule has 136 valence electrons. The van der Waals surface area contributed by atoms with Gasteiger partial charge in [-0.1, -0.05) is 76.1 Å². The number of nitrogens with zero attached hydrogens (tertiary/aromatic N) is 4. The highest BCUT2D eigenvalue weighted by Gasteiger charge is 2.33. The van der Waals surface area contributed by atoms with E-state index in [1.807, 2.05) is 61.5 Å². The molecule has 7 heteroatoms. The maximum atomic E-state index is 6.03. The highest BCUT2D eigenvalue weighted by Crippen LogP contribution is 2.40. The van der Waals surface area contributed by atoms with Gasteiger partial charge in [-0.3, -0.25) is 0 Å². The molecule has 1 N–H and O–H groups in total. The van der Waals surface area contributed by atoms with E-state index in [0.29, 0.717) is 18.3 Å². The molecule has 0 fully saturated rings. The van der Waals surface area contributed by atoms with Crippen molar-refractivity contribution in [1.29, 1.82) is 0 Å². The number of ether oxygens (including phenoxy) is 1. The average Bonchev–Trinajstić information content (AvgIpc) is 3.14. The second kappa shape index (κ2) is 7.36. The van der Waals surface area contributed by atoms with Crippen LogP contribution in [-0.4, -0.2) is 20.2 Å². The molecule has 0 saturated heterocycles. The van der Waals surface area contributed by atoms with Crippen LogP contribution in [0, 0.1) is 0 Å². The minimum absolute atomic E-state index is 0.241. The topological polar surface area (TPSA) is 64.9 Å². The first-order valence-electron chi connectivity index (χ1n) is 8.51. The Labute approximate surface area is 165 Å². The van der Waals surface area contributed by atoms with Crippen LogP contribution in [0.2, 0.25) is 0 Å². The van der Waals surface area contributed by atoms with Gasteiger partial charge in [0.05, 0.1) is 0 Å². The van der Waals surface area contributed by atoms with Gasteiger partial charge in [-0.15, -0.1) is 0 Å². The number of tetrazole rings is 1. The number of allylic oxidation sites excluding steroid dienone is 2. The Kier molecular flexibility index (Phi) is 4.77. The second-order valence-corrected chi connectivity index (χ2v) is 7.09. The molecule has 1 aliphatic heterocycles. The van der Waals surface area contributed by atoms with Crippen LogP contribution in [0.3, 0.4) is 0 Å². The molecular weight excluding hydrogens is 406 g/mol. The summed E-state index contributed by atoms with van der Waals surface area (Å²) in [6.45, 7) is 6.62. The van der Waals surface area contributed by atoms with Gasteiger partial charge in [0, 0.05) is 15.7 Å². The van der Waals surface area contributed by atoms with Crippen LogP contribution in [0.25, 0.3) is 0 Å². The molecule has 1 aromatic heterocycles. The van der Waals surface area contributed by atoms with E-state index in [9.17, 15) is 0 Å². The van der Waals surface area contributed by atoms with Crippen LogP contribution >= 0.6 is 15.9 Å². The molecule has 3 aromatic rings. The molecule has 4 rings (SSSR count). The van der Waals surface area contributed by atoms with Gasteiger partial charge in [0.1, 0.15) is 18.4 Å². The molecule has 0 amide bonds. The van der Waals surface area contributed by atoms with Gasteiger partial charge in [0.2, 0.25) is 5.95 Å². The standard InChI is InChI=1S/C20H18BrN5O/c1-13-18(14(2)27-12-15-8-4-3-5-9-15)19(16-10-6-7-11-17(16)21)26-20(22-13)23-24-25-26/h3-11,19H,2,12H2,1H3,(H,22,23,25). The Balaban J connectivity index is 1.70. The van der Waals surface area contributed by atoms with E-state index in [1.165, 1.54) is 0 Å². The fourth-order valence-corrected chi connectivity index (χ4v) is 3.68. The van der Waals surface area contributed by atoms with Crippen molar-refractivity contribution in [2.75, 3.05) is 5.32 Å². The van der Waals surface area contributed by atoms with Gasteiger partial charge in [0.25, 0.3) is 0 Å². The summed E-state index contributed by atoms with van der Waals surface area (Å²) < 4.78 is 8.75. The van der Waals surface area contributed by atoms with Crippen molar-refractivity contribution in [3.05, 3.63) is 93.8 Å². The van der Waals surface area contributed by atoms with Crippen LogP contribution in [0.15, 0.2) is 82.7 Å². The zero-order valence-electron chi connectivity index (χ0n) is 14.8. The summed E-state index contributed by atoms with van der Waals surface area (Å²) in [6.07, 6.45) is 0. The summed E-state index contributed by atoms with van der Waals surface area (Å²) in [5.74, 6) is 1.18. The number of hydrogen-bond acceptors (Lipinski definition) is 5. The predicted molar refractivity (Wildman–Crippen MR) is 107 cm³/mol. The molecule has 1 aliphatic rings. The van der Waals surface area contributed by atoms with Crippen molar-refractivity contribution in [2.45, 2.75) is 19.6 Å². The van der Waals surface area contributed by atoms with Crippen molar-refractivity contribution in [2.24, 2.45) is 0 Å². The van der Waals surface area contributed by atoms with E-state index in [1.54, 1.807) is 4.68 Å². The van der Waals surface area contributed by atoms with Gasteiger partial charge in [0.15, 0.2) is 0 Å². The van der Waals surface area contributed by atoms with Gasteiger partial charge in [-0.05, 0) is 34.5 Å². The third kappa shape index (κ3) is 3.38. The minimum atomic E-state index is -0.241. The van der Waals surface area contributed by atoms with E-state index in [4.69, 9.17) is 4.74 Å². The molecule has 1 atom stereocenters. The highest BCUT2D eigenvalue weighted by atomic mass is 79.9. The first-order valence-corrected chi connectivity index (χ1v) is 9.30. The highest BCUT2D eigenvalue weighted by molar-refractivity contribution is 9.10. The molecule has 0 bridgehead atoms. The Morgan fingerprint density at radius 2 is 1.93 bits per heavy atom. The first kappa shape index (κ1) is 17.5. The number of nitrogens with one attached hydrogen (secondary N) is 1. The lowest BCUT2D eigenvalue weighted by Crippen LogP contribution is -2.26. The van der Waals surface area contributed by atoms with Gasteiger partial charge in [-0.2, -0.15) is 4.68 Å². The van der Waals surface area contributed by atoms with Crippen LogP contribution < -0.4 is 5.32 Å². The van der Waals surface area contributed by atoms with Crippen molar-refractivity contribution in [3.63, 3.8) is 0 Å². The lowest BCUT2D eigenvalue weighted by molar-refractivity contribution is 0.202. The molecule has 2 heterocycles. The smallest absolute Gasteiger partial charge is 0.248 e. The Morgan fingerprint density at radius 1 is 1.19 bits per heavy atom. The largest absolute Gasteiger partial charge is 0.489 e. The summed E-state index contributed by atoms with van der Waals surface area (Å²) in [5, 5.41) is 15.3. The summed E-state index contributed by atoms with van der Waals surface area (Å²) in [7, 11) is 0. The van der Waals surface area contributed by atoms with E-state index in [0.717, 1.165) is 26.9 Å². The predicted octanol–water partition coefficient (Wildman–Crippen LogP) is 4.46. The van der Waals surface area contributed by atoms with Crippen LogP contribution in [0.5, 0.6) is 0 Å². The molecule has 6 nitrogen and oxygen atoms in total. The molecule has 1 unspecified atom stereocenters. The number of benzene rings is 2. The van der Waals surface area contributed by atoms with Crippen LogP contribution in [0.1, 0.15) is 24.1 Å². The second-order valence-electron chi connectivity index (χ2n) is 6.23. The fraction of sp³-hybridized carbons (Fsp3) is 0.150. The maximum Gasteiger partial charge on any atom is 0.248 e. The van der Waals surface area contributed by atoms with Gasteiger partial charge >= 0.3 is 0 Å². The van der Waals surface area contributed by atoms with Crippen molar-refractivity contribution < 1.29 is 4.74 Å². The van der Waals surface area contributed by atoms with Crippen molar-refractivity contribution in [1.82, 2.24) is 20.2 Å². The third-order valence-corrected chi connectivity index (χ3v) is 5.19. The zero-order chi connectivity index (χ0) is 18.8. The molecule has 27 heavy (non-hydrogen) atoms. The van der Waals surface area contributed by atoms with Crippen molar-refractivity contribution >= 4 is 21.9 Å². The lowest BCUT2D eigenvalue weighted by atomic mass is 9.94. The zero-order valence-corrected chi connectivity index (χ0v) is 16.3. The number of rotatable bonds is 5. The monoisotopic (exact) mass is 423 g/mol. The Bertz CT molecular complexity index is 1010. The molecule has 0 saturated carbocycles. The molecule has 0 aliphatic carbocycles. The SMILES string of the molecule is C=C(OCc1ccccc1)C1=C(C)Nc2nnnn2C1c1ccccc1Br. The Hall–Kier alpha value is -2.93. The molecular formula is C20H18BrN5O. The molecule has 0 radical (unpaired) electrons. The normalized spacial score (nSPS) is 15.9. The lowest BCUT2D eigenvalue weighted by Gasteiger charge is -2.30. The van der Waals surface area contributed by atoms with E-state index >= 15 is 0 Å². The van der Waals surface area contributed by atoms with E-state index < -0.39 is 0 Å². The van der Waals surface area contributed by atoms with Crippen LogP contribution in [0.4, 0.5) is 5.95 Å². The third-order valence-electron chi connectivity index (χ3n) is 4.47. The van der Waals surface area contributed by atoms with E-state index in [2.05, 4.69) is 43.4 Å². The number of aromatic nitrogens is 4. The van der Waals surface area contributed by atoms with Crippen LogP contribution in [-0.2, 0) is 11.3 Å². The maximum absolute atomic E-state index is 6.03. The Morgan fingerprint density at radius 3 is 2.70 bits per heavy atom.